The molecule has 0 aliphatic carbocycles. The maximum absolute atomic E-state index is 13.1. The number of ether oxygens (including phenoxy) is 1. The molecule has 0 N–H and O–H groups in total. The van der Waals surface area contributed by atoms with Crippen LogP contribution in [-0.2, 0) is 4.74 Å². The molecule has 0 spiro atoms. The minimum Gasteiger partial charge on any atom is -0.379 e. The Morgan fingerprint density at radius 1 is 1.07 bits per heavy atom. The standard InChI is InChI=1S/C20H26FN5O/c1-15(25-10-12-27-13-11-25)16-6-8-26(9-7-16)20-23-19(14-22-24-20)17-2-4-18(21)5-3-17/h2-5,14-16H,6-13H2,1H3/t15-/m1/s1. The molecule has 0 amide bonds. The predicted octanol–water partition coefficient (Wildman–Crippen LogP) is 2.61. The van der Waals surface area contributed by atoms with Gasteiger partial charge < -0.3 is 9.64 Å². The molecule has 2 saturated heterocycles. The molecule has 0 bridgehead atoms. The molecule has 0 unspecified atom stereocenters. The molecular weight excluding hydrogens is 345 g/mol. The Kier molecular flexibility index (Phi) is 5.59. The highest BCUT2D eigenvalue weighted by molar-refractivity contribution is 5.59. The molecule has 0 saturated carbocycles. The average molecular weight is 371 g/mol. The minimum absolute atomic E-state index is 0.252. The summed E-state index contributed by atoms with van der Waals surface area (Å²) in [6.07, 6.45) is 3.88. The summed E-state index contributed by atoms with van der Waals surface area (Å²) in [5, 5.41) is 8.35. The summed E-state index contributed by atoms with van der Waals surface area (Å²) >= 11 is 0. The van der Waals surface area contributed by atoms with E-state index in [9.17, 15) is 4.39 Å². The number of piperidine rings is 1. The van der Waals surface area contributed by atoms with Crippen LogP contribution in [0.25, 0.3) is 11.3 Å². The average Bonchev–Trinajstić information content (AvgIpc) is 2.75. The van der Waals surface area contributed by atoms with Crippen molar-refractivity contribution in [1.82, 2.24) is 20.1 Å². The van der Waals surface area contributed by atoms with Crippen molar-refractivity contribution in [3.05, 3.63) is 36.3 Å². The fourth-order valence-corrected chi connectivity index (χ4v) is 4.05. The second kappa shape index (κ2) is 8.27. The molecule has 1 aromatic heterocycles. The first-order valence-corrected chi connectivity index (χ1v) is 9.73. The van der Waals surface area contributed by atoms with E-state index in [0.717, 1.165) is 63.5 Å². The third kappa shape index (κ3) is 4.25. The second-order valence-corrected chi connectivity index (χ2v) is 7.36. The van der Waals surface area contributed by atoms with Gasteiger partial charge in [-0.2, -0.15) is 5.10 Å². The molecule has 2 fully saturated rings. The highest BCUT2D eigenvalue weighted by Gasteiger charge is 2.29. The second-order valence-electron chi connectivity index (χ2n) is 7.36. The zero-order valence-electron chi connectivity index (χ0n) is 15.7. The molecule has 3 heterocycles. The number of rotatable bonds is 4. The molecule has 6 nitrogen and oxygen atoms in total. The summed E-state index contributed by atoms with van der Waals surface area (Å²) in [6, 6.07) is 6.91. The molecule has 2 aromatic rings. The Labute approximate surface area is 159 Å². The van der Waals surface area contributed by atoms with Crippen molar-refractivity contribution in [2.75, 3.05) is 44.3 Å². The number of aromatic nitrogens is 3. The molecule has 1 atom stereocenters. The van der Waals surface area contributed by atoms with E-state index in [2.05, 4.69) is 31.9 Å². The largest absolute Gasteiger partial charge is 0.379 e. The highest BCUT2D eigenvalue weighted by atomic mass is 19.1. The van der Waals surface area contributed by atoms with E-state index < -0.39 is 0 Å². The molecule has 2 aliphatic rings. The third-order valence-electron chi connectivity index (χ3n) is 5.81. The van der Waals surface area contributed by atoms with Crippen LogP contribution in [-0.4, -0.2) is 65.5 Å². The van der Waals surface area contributed by atoms with Crippen LogP contribution in [0.3, 0.4) is 0 Å². The lowest BCUT2D eigenvalue weighted by Gasteiger charge is -2.40. The molecule has 2 aliphatic heterocycles. The van der Waals surface area contributed by atoms with Crippen molar-refractivity contribution in [3.63, 3.8) is 0 Å². The lowest BCUT2D eigenvalue weighted by molar-refractivity contribution is 0.00446. The van der Waals surface area contributed by atoms with Gasteiger partial charge >= 0.3 is 0 Å². The van der Waals surface area contributed by atoms with Crippen LogP contribution in [0.4, 0.5) is 10.3 Å². The Bertz CT molecular complexity index is 742. The third-order valence-corrected chi connectivity index (χ3v) is 5.81. The monoisotopic (exact) mass is 371 g/mol. The van der Waals surface area contributed by atoms with Crippen molar-refractivity contribution in [3.8, 4) is 11.3 Å². The predicted molar refractivity (Wildman–Crippen MR) is 102 cm³/mol. The Morgan fingerprint density at radius 3 is 2.48 bits per heavy atom. The van der Waals surface area contributed by atoms with Gasteiger partial charge in [-0.05, 0) is 49.9 Å². The molecular formula is C20H26FN5O. The van der Waals surface area contributed by atoms with Crippen molar-refractivity contribution in [2.24, 2.45) is 5.92 Å². The van der Waals surface area contributed by atoms with Gasteiger partial charge in [-0.1, -0.05) is 0 Å². The van der Waals surface area contributed by atoms with Crippen LogP contribution < -0.4 is 4.90 Å². The Hall–Kier alpha value is -2.12. The van der Waals surface area contributed by atoms with Gasteiger partial charge in [-0.25, -0.2) is 9.37 Å². The summed E-state index contributed by atoms with van der Waals surface area (Å²) in [4.78, 5) is 9.42. The van der Waals surface area contributed by atoms with Crippen molar-refractivity contribution in [2.45, 2.75) is 25.8 Å². The first-order valence-electron chi connectivity index (χ1n) is 9.73. The maximum atomic E-state index is 13.1. The smallest absolute Gasteiger partial charge is 0.245 e. The van der Waals surface area contributed by atoms with E-state index in [1.54, 1.807) is 18.3 Å². The van der Waals surface area contributed by atoms with Crippen LogP contribution in [0.5, 0.6) is 0 Å². The zero-order chi connectivity index (χ0) is 18.6. The summed E-state index contributed by atoms with van der Waals surface area (Å²) < 4.78 is 18.6. The number of morpholine rings is 1. The molecule has 27 heavy (non-hydrogen) atoms. The summed E-state index contributed by atoms with van der Waals surface area (Å²) in [5.41, 5.74) is 1.58. The van der Waals surface area contributed by atoms with Gasteiger partial charge in [-0.15, -0.1) is 5.10 Å². The lowest BCUT2D eigenvalue weighted by atomic mass is 9.89. The van der Waals surface area contributed by atoms with Crippen LogP contribution in [0.1, 0.15) is 19.8 Å². The van der Waals surface area contributed by atoms with Gasteiger partial charge in [0.2, 0.25) is 5.95 Å². The first kappa shape index (κ1) is 18.3. The highest BCUT2D eigenvalue weighted by Crippen LogP contribution is 2.27. The Balaban J connectivity index is 1.39. The van der Waals surface area contributed by atoms with Crippen molar-refractivity contribution in [1.29, 1.82) is 0 Å². The molecule has 0 radical (unpaired) electrons. The van der Waals surface area contributed by atoms with Gasteiger partial charge in [0.1, 0.15) is 5.82 Å². The number of anilines is 1. The minimum atomic E-state index is -0.252. The fraction of sp³-hybridized carbons (Fsp3) is 0.550. The number of halogens is 1. The Morgan fingerprint density at radius 2 is 1.78 bits per heavy atom. The fourth-order valence-electron chi connectivity index (χ4n) is 4.05. The lowest BCUT2D eigenvalue weighted by Crippen LogP contribution is -2.48. The van der Waals surface area contributed by atoms with Crippen molar-refractivity contribution >= 4 is 5.95 Å². The van der Waals surface area contributed by atoms with E-state index in [0.29, 0.717) is 17.9 Å². The normalized spacial score (nSPS) is 20.6. The number of hydrogen-bond donors (Lipinski definition) is 0. The van der Waals surface area contributed by atoms with Crippen LogP contribution in [0.2, 0.25) is 0 Å². The van der Waals surface area contributed by atoms with Crippen LogP contribution in [0, 0.1) is 11.7 Å². The van der Waals surface area contributed by atoms with E-state index in [1.165, 1.54) is 12.1 Å². The van der Waals surface area contributed by atoms with Gasteiger partial charge in [0, 0.05) is 37.8 Å². The van der Waals surface area contributed by atoms with Crippen LogP contribution in [0.15, 0.2) is 30.5 Å². The number of benzene rings is 1. The number of hydrogen-bond acceptors (Lipinski definition) is 6. The van der Waals surface area contributed by atoms with Gasteiger partial charge in [-0.3, -0.25) is 4.90 Å². The summed E-state index contributed by atoms with van der Waals surface area (Å²) in [7, 11) is 0. The summed E-state index contributed by atoms with van der Waals surface area (Å²) in [5.74, 6) is 1.10. The summed E-state index contributed by atoms with van der Waals surface area (Å²) in [6.45, 7) is 7.99. The molecule has 7 heteroatoms. The van der Waals surface area contributed by atoms with Gasteiger partial charge in [0.05, 0.1) is 25.1 Å². The van der Waals surface area contributed by atoms with E-state index in [4.69, 9.17) is 4.74 Å². The molecule has 4 rings (SSSR count). The zero-order valence-corrected chi connectivity index (χ0v) is 15.7. The van der Waals surface area contributed by atoms with E-state index >= 15 is 0 Å². The quantitative estimate of drug-likeness (QED) is 0.824. The van der Waals surface area contributed by atoms with Gasteiger partial charge in [0.15, 0.2) is 0 Å². The van der Waals surface area contributed by atoms with Crippen LogP contribution >= 0.6 is 0 Å². The van der Waals surface area contributed by atoms with Gasteiger partial charge in [0.25, 0.3) is 0 Å². The van der Waals surface area contributed by atoms with Crippen molar-refractivity contribution < 1.29 is 9.13 Å². The maximum Gasteiger partial charge on any atom is 0.245 e. The number of nitrogens with zero attached hydrogens (tertiary/aromatic N) is 5. The molecule has 1 aromatic carbocycles. The van der Waals surface area contributed by atoms with E-state index in [-0.39, 0.29) is 5.82 Å². The van der Waals surface area contributed by atoms with E-state index in [1.807, 2.05) is 0 Å². The molecule has 144 valence electrons. The SMILES string of the molecule is C[C@H](C1CCN(c2nncc(-c3ccc(F)cc3)n2)CC1)N1CCOCC1. The first-order chi connectivity index (χ1) is 13.2. The topological polar surface area (TPSA) is 54.4 Å².